The fourth-order valence-corrected chi connectivity index (χ4v) is 2.67. The lowest BCUT2D eigenvalue weighted by Crippen LogP contribution is -2.44. The number of halogens is 3. The Morgan fingerprint density at radius 3 is 2.59 bits per heavy atom. The highest BCUT2D eigenvalue weighted by Crippen LogP contribution is 2.29. The Labute approximate surface area is 128 Å². The van der Waals surface area contributed by atoms with E-state index in [2.05, 4.69) is 10.6 Å². The van der Waals surface area contributed by atoms with Gasteiger partial charge in [-0.25, -0.2) is 0 Å². The summed E-state index contributed by atoms with van der Waals surface area (Å²) in [6, 6.07) is 4.98. The van der Waals surface area contributed by atoms with Crippen LogP contribution in [-0.2, 0) is 17.4 Å². The van der Waals surface area contributed by atoms with Crippen LogP contribution in [0.4, 0.5) is 13.2 Å². The summed E-state index contributed by atoms with van der Waals surface area (Å²) in [4.78, 5) is 12.1. The maximum absolute atomic E-state index is 12.5. The van der Waals surface area contributed by atoms with Crippen LogP contribution in [0.2, 0.25) is 0 Å². The van der Waals surface area contributed by atoms with Crippen LogP contribution in [0.3, 0.4) is 0 Å². The first-order valence-electron chi connectivity index (χ1n) is 7.53. The molecule has 0 bridgehead atoms. The van der Waals surface area contributed by atoms with E-state index in [-0.39, 0.29) is 17.9 Å². The van der Waals surface area contributed by atoms with Crippen LogP contribution in [0.5, 0.6) is 0 Å². The predicted molar refractivity (Wildman–Crippen MR) is 78.3 cm³/mol. The topological polar surface area (TPSA) is 41.1 Å². The van der Waals surface area contributed by atoms with E-state index in [1.807, 2.05) is 6.92 Å². The third kappa shape index (κ3) is 4.73. The second-order valence-corrected chi connectivity index (χ2v) is 5.85. The van der Waals surface area contributed by atoms with Crippen LogP contribution in [0.25, 0.3) is 0 Å². The summed E-state index contributed by atoms with van der Waals surface area (Å²) in [6.07, 6.45) is -1.92. The number of amides is 1. The van der Waals surface area contributed by atoms with E-state index in [0.717, 1.165) is 37.1 Å². The van der Waals surface area contributed by atoms with Crippen molar-refractivity contribution in [3.63, 3.8) is 0 Å². The van der Waals surface area contributed by atoms with Gasteiger partial charge >= 0.3 is 6.18 Å². The summed E-state index contributed by atoms with van der Waals surface area (Å²) < 4.78 is 37.5. The predicted octanol–water partition coefficient (Wildman–Crippen LogP) is 2.75. The van der Waals surface area contributed by atoms with Crippen LogP contribution in [0.15, 0.2) is 24.3 Å². The monoisotopic (exact) mass is 314 g/mol. The van der Waals surface area contributed by atoms with Crippen molar-refractivity contribution >= 4 is 5.91 Å². The average Bonchev–Trinajstić information content (AvgIpc) is 2.47. The van der Waals surface area contributed by atoms with Crippen molar-refractivity contribution in [2.75, 3.05) is 13.1 Å². The van der Waals surface area contributed by atoms with Gasteiger partial charge in [-0.2, -0.15) is 13.2 Å². The summed E-state index contributed by atoms with van der Waals surface area (Å²) >= 11 is 0. The van der Waals surface area contributed by atoms with Gasteiger partial charge < -0.3 is 10.6 Å². The van der Waals surface area contributed by atoms with E-state index >= 15 is 0 Å². The molecule has 1 amide bonds. The molecule has 1 aliphatic rings. The summed E-state index contributed by atoms with van der Waals surface area (Å²) in [6.45, 7) is 3.51. The highest BCUT2D eigenvalue weighted by Gasteiger charge is 2.30. The lowest BCUT2D eigenvalue weighted by Gasteiger charge is -2.24. The molecule has 1 aromatic rings. The van der Waals surface area contributed by atoms with Crippen molar-refractivity contribution in [3.05, 3.63) is 35.4 Å². The van der Waals surface area contributed by atoms with Gasteiger partial charge in [-0.05, 0) is 50.4 Å². The number of benzene rings is 1. The first-order valence-corrected chi connectivity index (χ1v) is 7.53. The highest BCUT2D eigenvalue weighted by molar-refractivity contribution is 5.79. The van der Waals surface area contributed by atoms with Crippen LogP contribution >= 0.6 is 0 Å². The van der Waals surface area contributed by atoms with Gasteiger partial charge in [0, 0.05) is 12.6 Å². The molecule has 2 atom stereocenters. The molecule has 0 saturated carbocycles. The smallest absolute Gasteiger partial charge is 0.353 e. The summed E-state index contributed by atoms with van der Waals surface area (Å²) in [5.41, 5.74) is 0.129. The van der Waals surface area contributed by atoms with E-state index in [0.29, 0.717) is 13.0 Å². The minimum absolute atomic E-state index is 0.0104. The number of rotatable bonds is 4. The minimum atomic E-state index is -4.31. The van der Waals surface area contributed by atoms with Gasteiger partial charge in [-0.15, -0.1) is 0 Å². The van der Waals surface area contributed by atoms with Crippen LogP contribution in [0.1, 0.15) is 30.9 Å². The molecule has 1 aromatic carbocycles. The van der Waals surface area contributed by atoms with Crippen LogP contribution in [0, 0.1) is 5.92 Å². The van der Waals surface area contributed by atoms with E-state index in [1.165, 1.54) is 12.1 Å². The molecule has 2 unspecified atom stereocenters. The standard InChI is InChI=1S/C16H21F3N2O/c1-11(21-15(22)13-3-2-8-20-10-13)9-12-4-6-14(7-5-12)16(17,18)19/h4-7,11,13,20H,2-3,8-10H2,1H3,(H,21,22). The second kappa shape index (κ2) is 7.13. The van der Waals surface area contributed by atoms with E-state index in [4.69, 9.17) is 0 Å². The van der Waals surface area contributed by atoms with E-state index in [9.17, 15) is 18.0 Å². The molecule has 0 radical (unpaired) electrons. The minimum Gasteiger partial charge on any atom is -0.353 e. The molecule has 1 heterocycles. The Bertz CT molecular complexity index is 493. The number of alkyl halides is 3. The normalized spacial score (nSPS) is 20.5. The van der Waals surface area contributed by atoms with Crippen LogP contribution in [-0.4, -0.2) is 25.0 Å². The fourth-order valence-electron chi connectivity index (χ4n) is 2.67. The van der Waals surface area contributed by atoms with Crippen molar-refractivity contribution in [1.82, 2.24) is 10.6 Å². The molecular formula is C16H21F3N2O. The second-order valence-electron chi connectivity index (χ2n) is 5.85. The first kappa shape index (κ1) is 16.8. The zero-order chi connectivity index (χ0) is 16.2. The number of nitrogens with one attached hydrogen (secondary N) is 2. The summed E-state index contributed by atoms with van der Waals surface area (Å²) in [5, 5.41) is 6.13. The zero-order valence-electron chi connectivity index (χ0n) is 12.5. The number of piperidine rings is 1. The van der Waals surface area contributed by atoms with Gasteiger partial charge in [-0.1, -0.05) is 12.1 Å². The number of carbonyl (C=O) groups excluding carboxylic acids is 1. The number of hydrogen-bond acceptors (Lipinski definition) is 2. The first-order chi connectivity index (χ1) is 10.4. The molecule has 1 fully saturated rings. The van der Waals surface area contributed by atoms with Gasteiger partial charge in [-0.3, -0.25) is 4.79 Å². The lowest BCUT2D eigenvalue weighted by molar-refractivity contribution is -0.137. The molecule has 0 spiro atoms. The Morgan fingerprint density at radius 1 is 1.36 bits per heavy atom. The van der Waals surface area contributed by atoms with Crippen molar-refractivity contribution < 1.29 is 18.0 Å². The molecular weight excluding hydrogens is 293 g/mol. The lowest BCUT2D eigenvalue weighted by atomic mass is 9.98. The Balaban J connectivity index is 1.86. The number of hydrogen-bond donors (Lipinski definition) is 2. The largest absolute Gasteiger partial charge is 0.416 e. The third-order valence-corrected chi connectivity index (χ3v) is 3.88. The Morgan fingerprint density at radius 2 is 2.05 bits per heavy atom. The van der Waals surface area contributed by atoms with Gasteiger partial charge in [0.15, 0.2) is 0 Å². The summed E-state index contributed by atoms with van der Waals surface area (Å²) in [5.74, 6) is 0.00965. The van der Waals surface area contributed by atoms with E-state index in [1.54, 1.807) is 0 Å². The Hall–Kier alpha value is -1.56. The van der Waals surface area contributed by atoms with Crippen LogP contribution < -0.4 is 10.6 Å². The molecule has 122 valence electrons. The Kier molecular flexibility index (Phi) is 5.45. The fraction of sp³-hybridized carbons (Fsp3) is 0.562. The number of carbonyl (C=O) groups is 1. The molecule has 6 heteroatoms. The summed E-state index contributed by atoms with van der Waals surface area (Å²) in [7, 11) is 0. The van der Waals surface area contributed by atoms with Gasteiger partial charge in [0.25, 0.3) is 0 Å². The molecule has 2 rings (SSSR count). The molecule has 1 saturated heterocycles. The SMILES string of the molecule is CC(Cc1ccc(C(F)(F)F)cc1)NC(=O)C1CCCNC1. The average molecular weight is 314 g/mol. The third-order valence-electron chi connectivity index (χ3n) is 3.88. The van der Waals surface area contributed by atoms with Crippen molar-refractivity contribution in [3.8, 4) is 0 Å². The molecule has 1 aliphatic heterocycles. The van der Waals surface area contributed by atoms with Crippen molar-refractivity contribution in [2.45, 2.75) is 38.4 Å². The molecule has 2 N–H and O–H groups in total. The quantitative estimate of drug-likeness (QED) is 0.897. The molecule has 22 heavy (non-hydrogen) atoms. The molecule has 0 aromatic heterocycles. The molecule has 0 aliphatic carbocycles. The van der Waals surface area contributed by atoms with Crippen molar-refractivity contribution in [1.29, 1.82) is 0 Å². The van der Waals surface area contributed by atoms with Crippen molar-refractivity contribution in [2.24, 2.45) is 5.92 Å². The van der Waals surface area contributed by atoms with Gasteiger partial charge in [0.2, 0.25) is 5.91 Å². The maximum atomic E-state index is 12.5. The maximum Gasteiger partial charge on any atom is 0.416 e. The van der Waals surface area contributed by atoms with E-state index < -0.39 is 11.7 Å². The molecule has 3 nitrogen and oxygen atoms in total. The highest BCUT2D eigenvalue weighted by atomic mass is 19.4. The van der Waals surface area contributed by atoms with Gasteiger partial charge in [0.05, 0.1) is 11.5 Å². The van der Waals surface area contributed by atoms with Gasteiger partial charge in [0.1, 0.15) is 0 Å². The zero-order valence-corrected chi connectivity index (χ0v) is 12.5.